The third kappa shape index (κ3) is 3.37. The minimum Gasteiger partial charge on any atom is -0.388 e. The summed E-state index contributed by atoms with van der Waals surface area (Å²) in [5.41, 5.74) is 1.20. The zero-order chi connectivity index (χ0) is 16.2. The van der Waals surface area contributed by atoms with E-state index in [9.17, 15) is 9.90 Å². The van der Waals surface area contributed by atoms with Crippen LogP contribution in [0, 0.1) is 0 Å². The molecule has 0 saturated heterocycles. The van der Waals surface area contributed by atoms with E-state index in [2.05, 4.69) is 9.97 Å². The summed E-state index contributed by atoms with van der Waals surface area (Å²) >= 11 is 0. The molecule has 1 unspecified atom stereocenters. The second kappa shape index (κ2) is 6.58. The topological polar surface area (TPSA) is 70.7 Å². The lowest BCUT2D eigenvalue weighted by Crippen LogP contribution is -2.29. The number of hydrogen-bond acceptors (Lipinski definition) is 4. The highest BCUT2D eigenvalue weighted by molar-refractivity contribution is 5.92. The number of aliphatic hydroxyl groups excluding tert-OH is 1. The highest BCUT2D eigenvalue weighted by atomic mass is 16.3. The van der Waals surface area contributed by atoms with Gasteiger partial charge in [0.25, 0.3) is 5.91 Å². The fourth-order valence-electron chi connectivity index (χ4n) is 2.39. The van der Waals surface area contributed by atoms with Crippen molar-refractivity contribution in [2.24, 2.45) is 0 Å². The number of rotatable bonds is 5. The van der Waals surface area contributed by atoms with E-state index in [0.29, 0.717) is 24.4 Å². The first-order valence-electron chi connectivity index (χ1n) is 7.43. The molecule has 0 aliphatic heterocycles. The minimum absolute atomic E-state index is 0.184. The van der Waals surface area contributed by atoms with Gasteiger partial charge in [-0.15, -0.1) is 0 Å². The van der Waals surface area contributed by atoms with Gasteiger partial charge in [-0.3, -0.25) is 9.20 Å². The maximum atomic E-state index is 12.4. The van der Waals surface area contributed by atoms with E-state index < -0.39 is 6.10 Å². The second-order valence-electron chi connectivity index (χ2n) is 5.39. The molecule has 1 amide bonds. The first-order valence-corrected chi connectivity index (χ1v) is 7.43. The van der Waals surface area contributed by atoms with Crippen molar-refractivity contribution in [2.45, 2.75) is 12.5 Å². The van der Waals surface area contributed by atoms with Gasteiger partial charge in [0.05, 0.1) is 6.10 Å². The van der Waals surface area contributed by atoms with Gasteiger partial charge >= 0.3 is 0 Å². The number of aromatic nitrogens is 3. The largest absolute Gasteiger partial charge is 0.388 e. The SMILES string of the molecule is CN(CCC(O)c1ccccc1)C(=O)c1cn2cccnc2n1. The van der Waals surface area contributed by atoms with Gasteiger partial charge in [-0.1, -0.05) is 30.3 Å². The van der Waals surface area contributed by atoms with Gasteiger partial charge in [0.2, 0.25) is 5.78 Å². The van der Waals surface area contributed by atoms with Crippen LogP contribution in [0.2, 0.25) is 0 Å². The predicted octanol–water partition coefficient (Wildman–Crippen LogP) is 1.92. The van der Waals surface area contributed by atoms with E-state index in [-0.39, 0.29) is 5.91 Å². The first kappa shape index (κ1) is 15.2. The zero-order valence-corrected chi connectivity index (χ0v) is 12.8. The third-order valence-corrected chi connectivity index (χ3v) is 3.72. The Morgan fingerprint density at radius 2 is 2.09 bits per heavy atom. The Balaban J connectivity index is 1.63. The van der Waals surface area contributed by atoms with Crippen molar-refractivity contribution in [1.82, 2.24) is 19.3 Å². The number of hydrogen-bond donors (Lipinski definition) is 1. The van der Waals surface area contributed by atoms with E-state index in [1.165, 1.54) is 0 Å². The number of carbonyl (C=O) groups excluding carboxylic acids is 1. The molecule has 6 heteroatoms. The number of benzene rings is 1. The molecule has 0 spiro atoms. The molecule has 0 bridgehead atoms. The summed E-state index contributed by atoms with van der Waals surface area (Å²) in [5, 5.41) is 10.2. The Morgan fingerprint density at radius 1 is 1.30 bits per heavy atom. The Morgan fingerprint density at radius 3 is 2.83 bits per heavy atom. The smallest absolute Gasteiger partial charge is 0.273 e. The summed E-state index contributed by atoms with van der Waals surface area (Å²) < 4.78 is 1.71. The standard InChI is InChI=1S/C17H18N4O2/c1-20(11-8-15(22)13-6-3-2-4-7-13)16(23)14-12-21-10-5-9-18-17(21)19-14/h2-7,9-10,12,15,22H,8,11H2,1H3. The Bertz CT molecular complexity index is 767. The number of aliphatic hydroxyl groups is 1. The van der Waals surface area contributed by atoms with Crippen LogP contribution in [0.15, 0.2) is 55.0 Å². The first-order chi connectivity index (χ1) is 11.1. The molecule has 2 aromatic heterocycles. The van der Waals surface area contributed by atoms with Crippen molar-refractivity contribution in [3.05, 3.63) is 66.2 Å². The number of nitrogens with zero attached hydrogens (tertiary/aromatic N) is 4. The Labute approximate surface area is 134 Å². The van der Waals surface area contributed by atoms with Crippen LogP contribution in [0.25, 0.3) is 5.78 Å². The normalized spacial score (nSPS) is 12.3. The molecule has 0 fully saturated rings. The molecule has 6 nitrogen and oxygen atoms in total. The Hall–Kier alpha value is -2.73. The monoisotopic (exact) mass is 310 g/mol. The van der Waals surface area contributed by atoms with Gasteiger partial charge in [-0.25, -0.2) is 9.97 Å². The van der Waals surface area contributed by atoms with Crippen LogP contribution < -0.4 is 0 Å². The summed E-state index contributed by atoms with van der Waals surface area (Å²) in [5.74, 6) is 0.310. The van der Waals surface area contributed by atoms with Gasteiger partial charge in [-0.2, -0.15) is 0 Å². The van der Waals surface area contributed by atoms with Crippen LogP contribution >= 0.6 is 0 Å². The van der Waals surface area contributed by atoms with Crippen molar-refractivity contribution in [1.29, 1.82) is 0 Å². The minimum atomic E-state index is -0.589. The highest BCUT2D eigenvalue weighted by Gasteiger charge is 2.17. The number of amides is 1. The molecular weight excluding hydrogens is 292 g/mol. The van der Waals surface area contributed by atoms with Crippen LogP contribution in [0.1, 0.15) is 28.6 Å². The zero-order valence-electron chi connectivity index (χ0n) is 12.8. The molecular formula is C17H18N4O2. The lowest BCUT2D eigenvalue weighted by molar-refractivity contribution is 0.0756. The second-order valence-corrected chi connectivity index (χ2v) is 5.39. The lowest BCUT2D eigenvalue weighted by atomic mass is 10.1. The summed E-state index contributed by atoms with van der Waals surface area (Å²) in [4.78, 5) is 22.3. The number of carbonyl (C=O) groups is 1. The van der Waals surface area contributed by atoms with Crippen molar-refractivity contribution >= 4 is 11.7 Å². The van der Waals surface area contributed by atoms with Gasteiger partial charge in [0.15, 0.2) is 0 Å². The summed E-state index contributed by atoms with van der Waals surface area (Å²) in [6, 6.07) is 11.2. The van der Waals surface area contributed by atoms with Crippen LogP contribution in [0.3, 0.4) is 0 Å². The van der Waals surface area contributed by atoms with E-state index in [1.807, 2.05) is 30.3 Å². The fraction of sp³-hybridized carbons (Fsp3) is 0.235. The van der Waals surface area contributed by atoms with E-state index in [1.54, 1.807) is 41.0 Å². The average Bonchev–Trinajstić information content (AvgIpc) is 3.03. The molecule has 3 rings (SSSR count). The van der Waals surface area contributed by atoms with E-state index in [0.717, 1.165) is 5.56 Å². The van der Waals surface area contributed by atoms with Crippen molar-refractivity contribution in [3.8, 4) is 0 Å². The van der Waals surface area contributed by atoms with Crippen LogP contribution in [0.5, 0.6) is 0 Å². The third-order valence-electron chi connectivity index (χ3n) is 3.72. The number of fused-ring (bicyclic) bond motifs is 1. The highest BCUT2D eigenvalue weighted by Crippen LogP contribution is 2.16. The number of imidazole rings is 1. The molecule has 1 N–H and O–H groups in total. The van der Waals surface area contributed by atoms with Gasteiger partial charge < -0.3 is 10.0 Å². The lowest BCUT2D eigenvalue weighted by Gasteiger charge is -2.18. The fourth-order valence-corrected chi connectivity index (χ4v) is 2.39. The van der Waals surface area contributed by atoms with E-state index >= 15 is 0 Å². The summed E-state index contributed by atoms with van der Waals surface area (Å²) in [6.07, 6.45) is 4.98. The maximum Gasteiger partial charge on any atom is 0.273 e. The molecule has 118 valence electrons. The molecule has 2 heterocycles. The van der Waals surface area contributed by atoms with Crippen molar-refractivity contribution in [2.75, 3.05) is 13.6 Å². The van der Waals surface area contributed by atoms with Gasteiger partial charge in [0.1, 0.15) is 5.69 Å². The summed E-state index contributed by atoms with van der Waals surface area (Å²) in [6.45, 7) is 0.441. The quantitative estimate of drug-likeness (QED) is 0.781. The van der Waals surface area contributed by atoms with Crippen LogP contribution in [0.4, 0.5) is 0 Å². The molecule has 1 atom stereocenters. The Kier molecular flexibility index (Phi) is 4.34. The van der Waals surface area contributed by atoms with E-state index in [4.69, 9.17) is 0 Å². The van der Waals surface area contributed by atoms with Gasteiger partial charge in [0, 0.05) is 32.2 Å². The average molecular weight is 310 g/mol. The molecule has 3 aromatic rings. The molecule has 0 saturated carbocycles. The molecule has 0 aliphatic rings. The van der Waals surface area contributed by atoms with Crippen LogP contribution in [-0.4, -0.2) is 43.9 Å². The predicted molar refractivity (Wildman–Crippen MR) is 86.0 cm³/mol. The van der Waals surface area contributed by atoms with Crippen LogP contribution in [-0.2, 0) is 0 Å². The van der Waals surface area contributed by atoms with Crippen molar-refractivity contribution < 1.29 is 9.90 Å². The maximum absolute atomic E-state index is 12.4. The summed E-state index contributed by atoms with van der Waals surface area (Å²) in [7, 11) is 1.71. The molecule has 1 aromatic carbocycles. The molecule has 23 heavy (non-hydrogen) atoms. The molecule has 0 radical (unpaired) electrons. The van der Waals surface area contributed by atoms with Gasteiger partial charge in [-0.05, 0) is 18.1 Å². The van der Waals surface area contributed by atoms with Crippen molar-refractivity contribution in [3.63, 3.8) is 0 Å². The molecule has 0 aliphatic carbocycles.